The maximum absolute atomic E-state index is 5.37. The van der Waals surface area contributed by atoms with Crippen molar-refractivity contribution in [1.82, 2.24) is 0 Å². The van der Waals surface area contributed by atoms with E-state index in [4.69, 9.17) is 18.9 Å². The van der Waals surface area contributed by atoms with Crippen LogP contribution in [0.15, 0.2) is 97.1 Å². The van der Waals surface area contributed by atoms with Crippen molar-refractivity contribution in [3.63, 3.8) is 0 Å². The lowest BCUT2D eigenvalue weighted by atomic mass is 10.3. The molecule has 8 heteroatoms. The molecule has 0 saturated carbocycles. The minimum absolute atomic E-state index is 0. The third-order valence-electron chi connectivity index (χ3n) is 4.63. The molecule has 0 amide bonds. The van der Waals surface area contributed by atoms with E-state index in [9.17, 15) is 0 Å². The third kappa shape index (κ3) is 9.45. The monoisotopic (exact) mass is 720 g/mol. The first-order chi connectivity index (χ1) is 16.7. The fourth-order valence-electron chi connectivity index (χ4n) is 2.88. The molecule has 0 heterocycles. The molecule has 0 spiro atoms. The minimum Gasteiger partial charge on any atom is -1.00 e. The molecule has 192 valence electrons. The fraction of sp³-hybridized carbons (Fsp3) is 0.143. The summed E-state index contributed by atoms with van der Waals surface area (Å²) < 4.78 is 26.4. The van der Waals surface area contributed by atoms with Gasteiger partial charge >= 0.3 is 42.4 Å². The predicted molar refractivity (Wildman–Crippen MR) is 127 cm³/mol. The first kappa shape index (κ1) is 31.4. The predicted octanol–water partition coefficient (Wildman–Crippen LogP) is -6.33. The van der Waals surface area contributed by atoms with E-state index in [0.29, 0.717) is 0 Å². The maximum Gasteiger partial charge on any atom is 0.362 e. The van der Waals surface area contributed by atoms with E-state index < -0.39 is 0 Å². The van der Waals surface area contributed by atoms with Crippen molar-refractivity contribution in [2.24, 2.45) is 0 Å². The highest BCUT2D eigenvalue weighted by molar-refractivity contribution is 5.24. The van der Waals surface area contributed by atoms with E-state index in [2.05, 4.69) is 48.5 Å². The second-order valence-electron chi connectivity index (χ2n) is 6.77. The molecule has 0 radical (unpaired) electrons. The highest BCUT2D eigenvalue weighted by atomic mass is 127. The van der Waals surface area contributed by atoms with Crippen molar-refractivity contribution in [3.8, 4) is 23.0 Å². The zero-order valence-electron chi connectivity index (χ0n) is 20.4. The Morgan fingerprint density at radius 2 is 0.750 bits per heavy atom. The summed E-state index contributed by atoms with van der Waals surface area (Å²) in [6.45, 7) is 0. The Balaban J connectivity index is 0.000000341. The smallest absolute Gasteiger partial charge is 0.362 e. The van der Waals surface area contributed by atoms with Gasteiger partial charge in [-0.2, -0.15) is 0 Å². The van der Waals surface area contributed by atoms with E-state index in [0.717, 1.165) is 23.0 Å². The van der Waals surface area contributed by atoms with Gasteiger partial charge in [-0.15, -0.1) is 0 Å². The highest BCUT2D eigenvalue weighted by Crippen LogP contribution is 2.10. The van der Waals surface area contributed by atoms with Crippen LogP contribution in [0.3, 0.4) is 0 Å². The Morgan fingerprint density at radius 3 is 1.06 bits per heavy atom. The number of hydrogen-bond donors (Lipinski definition) is 0. The van der Waals surface area contributed by atoms with Crippen LogP contribution in [0.5, 0.6) is 23.0 Å². The first-order valence-electron chi connectivity index (χ1n) is 10.5. The lowest BCUT2D eigenvalue weighted by molar-refractivity contribution is -0.598. The van der Waals surface area contributed by atoms with Gasteiger partial charge < -0.3 is 28.4 Å². The van der Waals surface area contributed by atoms with Crippen LogP contribution in [0.1, 0.15) is 0 Å². The number of ether oxygens (including phenoxy) is 4. The van der Waals surface area contributed by atoms with Gasteiger partial charge in [-0.25, -0.2) is 0 Å². The summed E-state index contributed by atoms with van der Waals surface area (Å²) in [4.78, 5) is 0. The van der Waals surface area contributed by atoms with Crippen molar-refractivity contribution < 1.29 is 70.8 Å². The van der Waals surface area contributed by atoms with E-state index >= 15 is 0 Å². The average Bonchev–Trinajstić information content (AvgIpc) is 2.90. The Kier molecular flexibility index (Phi) is 14.8. The van der Waals surface area contributed by atoms with Crippen molar-refractivity contribution in [1.29, 1.82) is 0 Å². The van der Waals surface area contributed by atoms with Gasteiger partial charge in [0.2, 0.25) is 7.14 Å². The van der Waals surface area contributed by atoms with E-state index in [1.807, 2.05) is 48.5 Å². The second kappa shape index (κ2) is 17.0. The molecule has 4 aromatic rings. The molecule has 0 aliphatic rings. The number of methoxy groups -OCH3 is 4. The second-order valence-corrected chi connectivity index (χ2v) is 12.7. The van der Waals surface area contributed by atoms with Gasteiger partial charge in [0.15, 0.2) is 18.6 Å². The molecule has 4 aromatic carbocycles. The molecular weight excluding hydrogens is 692 g/mol. The Hall–Kier alpha value is -2.60. The normalized spacial score (nSPS) is 9.44. The van der Waals surface area contributed by atoms with Gasteiger partial charge in [-0.05, 0) is 72.8 Å². The molecule has 0 bridgehead atoms. The highest BCUT2D eigenvalue weighted by Gasteiger charge is 2.21. The number of hydrogen-bond acceptors (Lipinski definition) is 4. The van der Waals surface area contributed by atoms with Crippen molar-refractivity contribution in [2.75, 3.05) is 28.4 Å². The molecule has 0 aromatic heterocycles. The average molecular weight is 720 g/mol. The van der Waals surface area contributed by atoms with E-state index in [1.165, 1.54) is 14.3 Å². The molecule has 0 atom stereocenters. The Labute approximate surface area is 232 Å². The molecule has 0 unspecified atom stereocenters. The van der Waals surface area contributed by atoms with Crippen molar-refractivity contribution in [2.45, 2.75) is 0 Å². The summed E-state index contributed by atoms with van der Waals surface area (Å²) in [6.07, 6.45) is 0. The SMILES string of the molecule is COc1ccc([I+]c2ccccc2OC)cc1.COc1ccc([I+]c2ccccc2OC)cc1.[F-].[F-]. The molecule has 0 N–H and O–H groups in total. The zero-order chi connectivity index (χ0) is 24.2. The summed E-state index contributed by atoms with van der Waals surface area (Å²) in [5, 5.41) is 0. The number of para-hydroxylation sites is 2. The first-order valence-corrected chi connectivity index (χ1v) is 14.8. The molecule has 0 aliphatic heterocycles. The molecule has 0 aliphatic carbocycles. The van der Waals surface area contributed by atoms with Gasteiger partial charge in [0, 0.05) is 0 Å². The lowest BCUT2D eigenvalue weighted by Crippen LogP contribution is -3.61. The third-order valence-corrected chi connectivity index (χ3v) is 10.3. The van der Waals surface area contributed by atoms with Gasteiger partial charge in [-0.3, -0.25) is 0 Å². The summed E-state index contributed by atoms with van der Waals surface area (Å²) in [6, 6.07) is 32.9. The van der Waals surface area contributed by atoms with Gasteiger partial charge in [0.1, 0.15) is 11.5 Å². The summed E-state index contributed by atoms with van der Waals surface area (Å²) >= 11 is -0.396. The van der Waals surface area contributed by atoms with Crippen LogP contribution in [0.4, 0.5) is 0 Å². The van der Waals surface area contributed by atoms with Crippen LogP contribution in [0.2, 0.25) is 0 Å². The van der Waals surface area contributed by atoms with Crippen LogP contribution in [-0.4, -0.2) is 28.4 Å². The van der Waals surface area contributed by atoms with E-state index in [1.54, 1.807) is 28.4 Å². The van der Waals surface area contributed by atoms with Crippen molar-refractivity contribution in [3.05, 3.63) is 111 Å². The molecule has 0 fully saturated rings. The number of benzene rings is 4. The van der Waals surface area contributed by atoms with Crippen LogP contribution in [0.25, 0.3) is 0 Å². The van der Waals surface area contributed by atoms with Crippen LogP contribution >= 0.6 is 0 Å². The maximum atomic E-state index is 5.37. The molecule has 4 nitrogen and oxygen atoms in total. The Bertz CT molecular complexity index is 1060. The molecular formula is C28H28F2I2O4. The van der Waals surface area contributed by atoms with Crippen LogP contribution < -0.4 is 70.8 Å². The quantitative estimate of drug-likeness (QED) is 0.170. The minimum atomic E-state index is -0.198. The van der Waals surface area contributed by atoms with Gasteiger partial charge in [0.25, 0.3) is 0 Å². The fourth-order valence-corrected chi connectivity index (χ4v) is 7.77. The number of halogens is 4. The number of rotatable bonds is 8. The van der Waals surface area contributed by atoms with Crippen LogP contribution in [0, 0.1) is 14.3 Å². The largest absolute Gasteiger partial charge is 1.00 e. The summed E-state index contributed by atoms with van der Waals surface area (Å²) in [5.74, 6) is 3.77. The van der Waals surface area contributed by atoms with Gasteiger partial charge in [-0.1, -0.05) is 24.3 Å². The summed E-state index contributed by atoms with van der Waals surface area (Å²) in [5.41, 5.74) is 0. The lowest BCUT2D eigenvalue weighted by Gasteiger charge is -1.98. The van der Waals surface area contributed by atoms with Crippen LogP contribution in [-0.2, 0) is 0 Å². The van der Waals surface area contributed by atoms with E-state index in [-0.39, 0.29) is 51.8 Å². The van der Waals surface area contributed by atoms with Gasteiger partial charge in [0.05, 0.1) is 28.4 Å². The topological polar surface area (TPSA) is 36.9 Å². The van der Waals surface area contributed by atoms with Crippen molar-refractivity contribution >= 4 is 0 Å². The zero-order valence-corrected chi connectivity index (χ0v) is 24.7. The molecule has 36 heavy (non-hydrogen) atoms. The Morgan fingerprint density at radius 1 is 0.417 bits per heavy atom. The molecule has 4 rings (SSSR count). The standard InChI is InChI=1S/2C14H14IO2.2FH/c2*1-16-12-9-7-11(8-10-12)15-13-5-3-4-6-14(13)17-2;;/h2*3-10H,1-2H3;2*1H/q2*+1;;/p-2. The summed E-state index contributed by atoms with van der Waals surface area (Å²) in [7, 11) is 6.81. The molecule has 0 saturated heterocycles.